The van der Waals surface area contributed by atoms with Crippen LogP contribution in [0.4, 0.5) is 4.79 Å². The average molecular weight is 716 g/mol. The molecule has 2 aliphatic rings. The Bertz CT molecular complexity index is 1790. The van der Waals surface area contributed by atoms with E-state index in [2.05, 4.69) is 59.2 Å². The minimum atomic E-state index is -0.566. The number of likely N-dealkylation sites (tertiary alicyclic amines) is 1. The molecule has 2 aliphatic heterocycles. The molecule has 0 saturated carbocycles. The minimum absolute atomic E-state index is 0.0523. The predicted octanol–water partition coefficient (Wildman–Crippen LogP) is 7.01. The van der Waals surface area contributed by atoms with Gasteiger partial charge in [-0.05, 0) is 62.3 Å². The van der Waals surface area contributed by atoms with Crippen molar-refractivity contribution in [2.45, 2.75) is 69.7 Å². The largest absolute Gasteiger partial charge is 0.487 e. The Labute approximate surface area is 314 Å². The standard InChI is InChI=1S/C44H53N5O4/c1-32(31-47(3)4)46-42(51)37-20-21-41-39(28-37)40(29-44(53-41)23-26-48(27-24-44)33(2)50)49(43(52)45-30-34-14-8-5-9-15-34)25-22-38(35-16-10-6-11-17-35)36-18-12-7-13-19-36/h5-21,28,32,38,40H,22-27,29-31H2,1-4H3,(H,45,52)(H,46,51). The van der Waals surface area contributed by atoms with Crippen LogP contribution in [-0.4, -0.2) is 84.5 Å². The number of benzene rings is 4. The molecule has 0 bridgehead atoms. The highest BCUT2D eigenvalue weighted by molar-refractivity contribution is 5.95. The van der Waals surface area contributed by atoms with Gasteiger partial charge in [0.25, 0.3) is 5.91 Å². The Hall–Kier alpha value is -5.15. The fourth-order valence-electron chi connectivity index (χ4n) is 7.93. The summed E-state index contributed by atoms with van der Waals surface area (Å²) in [4.78, 5) is 46.5. The fourth-order valence-corrected chi connectivity index (χ4v) is 7.93. The third kappa shape index (κ3) is 9.45. The molecule has 4 aromatic rings. The number of ether oxygens (including phenoxy) is 1. The van der Waals surface area contributed by atoms with E-state index in [9.17, 15) is 14.4 Å². The summed E-state index contributed by atoms with van der Waals surface area (Å²) < 4.78 is 6.88. The number of urea groups is 1. The highest BCUT2D eigenvalue weighted by Gasteiger charge is 2.46. The average Bonchev–Trinajstić information content (AvgIpc) is 3.16. The van der Waals surface area contributed by atoms with E-state index in [0.29, 0.717) is 69.7 Å². The van der Waals surface area contributed by atoms with Crippen LogP contribution in [0, 0.1) is 0 Å². The lowest BCUT2D eigenvalue weighted by Gasteiger charge is -2.49. The van der Waals surface area contributed by atoms with E-state index in [1.165, 1.54) is 11.1 Å². The normalized spacial score (nSPS) is 16.8. The first kappa shape index (κ1) is 37.6. The van der Waals surface area contributed by atoms with Crippen molar-refractivity contribution < 1.29 is 19.1 Å². The second-order valence-corrected chi connectivity index (χ2v) is 14.9. The summed E-state index contributed by atoms with van der Waals surface area (Å²) in [5.74, 6) is 0.633. The van der Waals surface area contributed by atoms with E-state index in [1.54, 1.807) is 6.92 Å². The van der Waals surface area contributed by atoms with E-state index in [4.69, 9.17) is 4.74 Å². The Morgan fingerprint density at radius 3 is 2.06 bits per heavy atom. The summed E-state index contributed by atoms with van der Waals surface area (Å²) in [5.41, 5.74) is 4.18. The summed E-state index contributed by atoms with van der Waals surface area (Å²) in [5, 5.41) is 6.37. The van der Waals surface area contributed by atoms with Crippen LogP contribution in [0.2, 0.25) is 0 Å². The zero-order chi connectivity index (χ0) is 37.4. The van der Waals surface area contributed by atoms with E-state index in [1.807, 2.05) is 96.4 Å². The smallest absolute Gasteiger partial charge is 0.318 e. The molecule has 9 heteroatoms. The van der Waals surface area contributed by atoms with Gasteiger partial charge in [0.05, 0.1) is 6.04 Å². The van der Waals surface area contributed by atoms with Gasteiger partial charge in [-0.1, -0.05) is 91.0 Å². The number of carbonyl (C=O) groups excluding carboxylic acids is 3. The van der Waals surface area contributed by atoms with Gasteiger partial charge < -0.3 is 30.1 Å². The zero-order valence-corrected chi connectivity index (χ0v) is 31.5. The molecule has 1 fully saturated rings. The molecule has 53 heavy (non-hydrogen) atoms. The summed E-state index contributed by atoms with van der Waals surface area (Å²) in [6.45, 7) is 6.34. The van der Waals surface area contributed by atoms with E-state index >= 15 is 0 Å². The van der Waals surface area contributed by atoms with Crippen molar-refractivity contribution >= 4 is 17.8 Å². The van der Waals surface area contributed by atoms with Crippen LogP contribution in [0.5, 0.6) is 5.75 Å². The second kappa shape index (κ2) is 17.1. The maximum absolute atomic E-state index is 14.6. The topological polar surface area (TPSA) is 94.2 Å². The van der Waals surface area contributed by atoms with Crippen molar-refractivity contribution in [1.82, 2.24) is 25.3 Å². The summed E-state index contributed by atoms with van der Waals surface area (Å²) in [7, 11) is 3.97. The summed E-state index contributed by atoms with van der Waals surface area (Å²) >= 11 is 0. The number of rotatable bonds is 12. The highest BCUT2D eigenvalue weighted by Crippen LogP contribution is 2.47. The van der Waals surface area contributed by atoms with Crippen LogP contribution in [0.3, 0.4) is 0 Å². The number of fused-ring (bicyclic) bond motifs is 1. The van der Waals surface area contributed by atoms with Crippen molar-refractivity contribution in [3.63, 3.8) is 0 Å². The van der Waals surface area contributed by atoms with Crippen molar-refractivity contribution in [3.8, 4) is 5.75 Å². The first-order valence-electron chi connectivity index (χ1n) is 18.8. The third-order valence-corrected chi connectivity index (χ3v) is 10.6. The first-order chi connectivity index (χ1) is 25.6. The van der Waals surface area contributed by atoms with Crippen molar-refractivity contribution in [2.24, 2.45) is 0 Å². The third-order valence-electron chi connectivity index (χ3n) is 10.6. The number of likely N-dealkylation sites (N-methyl/N-ethyl adjacent to an activating group) is 1. The summed E-state index contributed by atoms with van der Waals surface area (Å²) in [6.07, 6.45) is 2.55. The van der Waals surface area contributed by atoms with Gasteiger partial charge in [0.15, 0.2) is 0 Å². The van der Waals surface area contributed by atoms with Crippen molar-refractivity contribution in [3.05, 3.63) is 137 Å². The molecule has 278 valence electrons. The molecule has 4 amide bonds. The Morgan fingerprint density at radius 2 is 1.47 bits per heavy atom. The van der Waals surface area contributed by atoms with E-state index in [0.717, 1.165) is 11.1 Å². The summed E-state index contributed by atoms with van der Waals surface area (Å²) in [6, 6.07) is 35.9. The van der Waals surface area contributed by atoms with Gasteiger partial charge in [-0.2, -0.15) is 0 Å². The molecular weight excluding hydrogens is 663 g/mol. The van der Waals surface area contributed by atoms with E-state index < -0.39 is 5.60 Å². The monoisotopic (exact) mass is 715 g/mol. The maximum Gasteiger partial charge on any atom is 0.318 e. The Kier molecular flexibility index (Phi) is 12.1. The number of nitrogens with zero attached hydrogens (tertiary/aromatic N) is 3. The number of hydrogen-bond acceptors (Lipinski definition) is 5. The Morgan fingerprint density at radius 1 is 0.868 bits per heavy atom. The van der Waals surface area contributed by atoms with E-state index in [-0.39, 0.29) is 35.8 Å². The predicted molar refractivity (Wildman–Crippen MR) is 209 cm³/mol. The van der Waals surface area contributed by atoms with Gasteiger partial charge >= 0.3 is 6.03 Å². The number of amides is 4. The first-order valence-corrected chi connectivity index (χ1v) is 18.8. The number of hydrogen-bond donors (Lipinski definition) is 2. The van der Waals surface area contributed by atoms with Gasteiger partial charge in [-0.15, -0.1) is 0 Å². The fraction of sp³-hybridized carbons (Fsp3) is 0.386. The van der Waals surface area contributed by atoms with Crippen molar-refractivity contribution in [1.29, 1.82) is 0 Å². The van der Waals surface area contributed by atoms with Gasteiger partial charge in [0.1, 0.15) is 11.4 Å². The van der Waals surface area contributed by atoms with Gasteiger partial charge in [0.2, 0.25) is 5.91 Å². The van der Waals surface area contributed by atoms with Crippen LogP contribution in [0.1, 0.15) is 84.1 Å². The van der Waals surface area contributed by atoms with Gasteiger partial charge in [-0.3, -0.25) is 9.59 Å². The molecule has 0 aromatic heterocycles. The maximum atomic E-state index is 14.6. The molecule has 1 spiro atoms. The lowest BCUT2D eigenvalue weighted by Crippen LogP contribution is -2.54. The zero-order valence-electron chi connectivity index (χ0n) is 31.5. The minimum Gasteiger partial charge on any atom is -0.487 e. The molecule has 0 aliphatic carbocycles. The molecule has 6 rings (SSSR count). The quantitative estimate of drug-likeness (QED) is 0.165. The lowest BCUT2D eigenvalue weighted by atomic mass is 9.79. The number of nitrogens with one attached hydrogen (secondary N) is 2. The van der Waals surface area contributed by atoms with Crippen LogP contribution in [0.25, 0.3) is 0 Å². The second-order valence-electron chi connectivity index (χ2n) is 14.9. The number of carbonyl (C=O) groups is 3. The molecule has 0 radical (unpaired) electrons. The molecule has 1 saturated heterocycles. The van der Waals surface area contributed by atoms with Gasteiger partial charge in [-0.25, -0.2) is 4.79 Å². The molecule has 2 atom stereocenters. The number of piperidine rings is 1. The van der Waals surface area contributed by atoms with Crippen LogP contribution >= 0.6 is 0 Å². The van der Waals surface area contributed by atoms with Gasteiger partial charge in [0, 0.05) is 82.0 Å². The molecule has 9 nitrogen and oxygen atoms in total. The molecular formula is C44H53N5O4. The van der Waals surface area contributed by atoms with Crippen molar-refractivity contribution in [2.75, 3.05) is 40.3 Å². The molecule has 2 heterocycles. The van der Waals surface area contributed by atoms with Crippen LogP contribution in [0.15, 0.2) is 109 Å². The SMILES string of the molecule is CC(=O)N1CCC2(CC1)CC(N(CCC(c1ccccc1)c1ccccc1)C(=O)NCc1ccccc1)c1cc(C(=O)NC(C)CN(C)C)ccc1O2. The molecule has 2 N–H and O–H groups in total. The van der Waals surface area contributed by atoms with Crippen LogP contribution < -0.4 is 15.4 Å². The lowest BCUT2D eigenvalue weighted by molar-refractivity contribution is -0.133. The Balaban J connectivity index is 1.38. The van der Waals surface area contributed by atoms with Crippen LogP contribution in [-0.2, 0) is 11.3 Å². The molecule has 2 unspecified atom stereocenters. The molecule has 4 aromatic carbocycles. The highest BCUT2D eigenvalue weighted by atomic mass is 16.5.